The van der Waals surface area contributed by atoms with Crippen LogP contribution in [-0.4, -0.2) is 25.2 Å². The van der Waals surface area contributed by atoms with Crippen LogP contribution in [0.5, 0.6) is 0 Å². The van der Waals surface area contributed by atoms with Crippen LogP contribution in [0.3, 0.4) is 0 Å². The first-order valence-corrected chi connectivity index (χ1v) is 10.2. The first kappa shape index (κ1) is 20.1. The molecule has 1 N–H and O–H groups in total. The Morgan fingerprint density at radius 3 is 2.04 bits per heavy atom. The van der Waals surface area contributed by atoms with Gasteiger partial charge in [0.1, 0.15) is 0 Å². The molecule has 5 nitrogen and oxygen atoms in total. The van der Waals surface area contributed by atoms with Gasteiger partial charge in [-0.1, -0.05) is 18.2 Å². The second kappa shape index (κ2) is 8.19. The Morgan fingerprint density at radius 2 is 1.50 bits per heavy atom. The van der Waals surface area contributed by atoms with E-state index in [-0.39, 0.29) is 13.2 Å². The summed E-state index contributed by atoms with van der Waals surface area (Å²) in [5.41, 5.74) is 3.28. The predicted octanol–water partition coefficient (Wildman–Crippen LogP) is 4.57. The SMILES string of the molecule is CCOC(=O)C1=C(C)NC(C)=C(C(=O)OCC)C1c1c(C)sc2ccccc12. The zero-order chi connectivity index (χ0) is 20.4. The summed E-state index contributed by atoms with van der Waals surface area (Å²) in [5, 5.41) is 4.22. The molecule has 0 spiro atoms. The molecule has 0 saturated heterocycles. The van der Waals surface area contributed by atoms with E-state index in [9.17, 15) is 9.59 Å². The molecule has 0 aliphatic carbocycles. The van der Waals surface area contributed by atoms with Crippen molar-refractivity contribution in [1.82, 2.24) is 5.32 Å². The van der Waals surface area contributed by atoms with Crippen LogP contribution in [0.15, 0.2) is 46.8 Å². The van der Waals surface area contributed by atoms with E-state index in [2.05, 4.69) is 11.4 Å². The lowest BCUT2D eigenvalue weighted by Gasteiger charge is -2.30. The van der Waals surface area contributed by atoms with Crippen molar-refractivity contribution in [3.63, 3.8) is 0 Å². The maximum Gasteiger partial charge on any atom is 0.336 e. The van der Waals surface area contributed by atoms with Crippen LogP contribution in [0, 0.1) is 6.92 Å². The van der Waals surface area contributed by atoms with Gasteiger partial charge in [0.25, 0.3) is 0 Å². The predicted molar refractivity (Wildman–Crippen MR) is 111 cm³/mol. The number of nitrogens with one attached hydrogen (secondary N) is 1. The van der Waals surface area contributed by atoms with Crippen molar-refractivity contribution in [2.45, 2.75) is 40.5 Å². The van der Waals surface area contributed by atoms with Gasteiger partial charge in [0.15, 0.2) is 0 Å². The quantitative estimate of drug-likeness (QED) is 0.746. The summed E-state index contributed by atoms with van der Waals surface area (Å²) in [6.07, 6.45) is 0. The Hall–Kier alpha value is -2.60. The van der Waals surface area contributed by atoms with Crippen molar-refractivity contribution >= 4 is 33.4 Å². The Morgan fingerprint density at radius 1 is 0.964 bits per heavy atom. The number of fused-ring (bicyclic) bond motifs is 1. The lowest BCUT2D eigenvalue weighted by atomic mass is 9.79. The van der Waals surface area contributed by atoms with Crippen molar-refractivity contribution in [3.8, 4) is 0 Å². The van der Waals surface area contributed by atoms with Gasteiger partial charge in [-0.25, -0.2) is 9.59 Å². The molecule has 0 bridgehead atoms. The number of dihydropyridines is 1. The van der Waals surface area contributed by atoms with Crippen molar-refractivity contribution in [3.05, 3.63) is 57.2 Å². The highest BCUT2D eigenvalue weighted by Crippen LogP contribution is 2.45. The molecule has 2 heterocycles. The van der Waals surface area contributed by atoms with Crippen LogP contribution in [0.2, 0.25) is 0 Å². The fourth-order valence-corrected chi connectivity index (χ4v) is 4.89. The van der Waals surface area contributed by atoms with Gasteiger partial charge in [-0.15, -0.1) is 11.3 Å². The lowest BCUT2D eigenvalue weighted by molar-refractivity contribution is -0.139. The highest BCUT2D eigenvalue weighted by Gasteiger charge is 2.39. The summed E-state index contributed by atoms with van der Waals surface area (Å²) in [6, 6.07) is 8.05. The number of ether oxygens (including phenoxy) is 2. The number of carbonyl (C=O) groups excluding carboxylic acids is 2. The molecule has 0 radical (unpaired) electrons. The van der Waals surface area contributed by atoms with E-state index < -0.39 is 17.9 Å². The summed E-state index contributed by atoms with van der Waals surface area (Å²) in [7, 11) is 0. The fraction of sp³-hybridized carbons (Fsp3) is 0.364. The number of rotatable bonds is 5. The average molecular weight is 400 g/mol. The molecule has 0 amide bonds. The minimum absolute atomic E-state index is 0.267. The molecule has 1 aromatic carbocycles. The van der Waals surface area contributed by atoms with Crippen LogP contribution < -0.4 is 5.32 Å². The molecule has 0 fully saturated rings. The number of hydrogen-bond donors (Lipinski definition) is 1. The number of carbonyl (C=O) groups is 2. The first-order valence-electron chi connectivity index (χ1n) is 9.41. The van der Waals surface area contributed by atoms with Crippen molar-refractivity contribution in [2.75, 3.05) is 13.2 Å². The molecule has 1 aliphatic heterocycles. The van der Waals surface area contributed by atoms with Crippen molar-refractivity contribution in [2.24, 2.45) is 0 Å². The monoisotopic (exact) mass is 399 g/mol. The molecule has 0 atom stereocenters. The van der Waals surface area contributed by atoms with Crippen molar-refractivity contribution < 1.29 is 19.1 Å². The van der Waals surface area contributed by atoms with Crippen molar-refractivity contribution in [1.29, 1.82) is 0 Å². The summed E-state index contributed by atoms with van der Waals surface area (Å²) >= 11 is 1.66. The molecule has 28 heavy (non-hydrogen) atoms. The first-order chi connectivity index (χ1) is 13.4. The molecule has 6 heteroatoms. The molecular formula is C22H25NO4S. The third kappa shape index (κ3) is 3.44. The van der Waals surface area contributed by atoms with Crippen LogP contribution in [-0.2, 0) is 19.1 Å². The summed E-state index contributed by atoms with van der Waals surface area (Å²) in [6.45, 7) is 9.79. The normalized spacial score (nSPS) is 15.0. The number of aryl methyl sites for hydroxylation is 1. The molecule has 1 aliphatic rings. The molecule has 0 unspecified atom stereocenters. The van der Waals surface area contributed by atoms with E-state index in [4.69, 9.17) is 9.47 Å². The van der Waals surface area contributed by atoms with E-state index in [1.54, 1.807) is 25.2 Å². The Balaban J connectivity index is 2.29. The van der Waals surface area contributed by atoms with Gasteiger partial charge in [0.05, 0.1) is 30.3 Å². The smallest absolute Gasteiger partial charge is 0.336 e. The standard InChI is InChI=1S/C22H25NO4S/c1-6-26-21(24)17-12(3)23-13(4)18(22(25)27-7-2)20(17)19-14(5)28-16-11-9-8-10-15(16)19/h8-11,20,23H,6-7H2,1-5H3. The third-order valence-corrected chi connectivity index (χ3v) is 5.96. The van der Waals surface area contributed by atoms with Gasteiger partial charge in [-0.05, 0) is 51.6 Å². The largest absolute Gasteiger partial charge is 0.463 e. The number of hydrogen-bond acceptors (Lipinski definition) is 6. The summed E-state index contributed by atoms with van der Waals surface area (Å²) in [5.74, 6) is -1.36. The Labute approximate surface area is 169 Å². The van der Waals surface area contributed by atoms with E-state index >= 15 is 0 Å². The maximum atomic E-state index is 12.9. The molecule has 0 saturated carbocycles. The highest BCUT2D eigenvalue weighted by atomic mass is 32.1. The van der Waals surface area contributed by atoms with Crippen LogP contribution in [0.4, 0.5) is 0 Å². The zero-order valence-corrected chi connectivity index (χ0v) is 17.7. The lowest BCUT2D eigenvalue weighted by Crippen LogP contribution is -2.32. The zero-order valence-electron chi connectivity index (χ0n) is 16.8. The van der Waals surface area contributed by atoms with Gasteiger partial charge in [-0.2, -0.15) is 0 Å². The topological polar surface area (TPSA) is 64.6 Å². The molecular weight excluding hydrogens is 374 g/mol. The minimum Gasteiger partial charge on any atom is -0.463 e. The second-order valence-corrected chi connectivity index (χ2v) is 7.90. The number of allylic oxidation sites excluding steroid dienone is 2. The van der Waals surface area contributed by atoms with E-state index in [1.807, 2.05) is 39.0 Å². The molecule has 148 valence electrons. The summed E-state index contributed by atoms with van der Waals surface area (Å²) < 4.78 is 11.8. The number of benzene rings is 1. The maximum absolute atomic E-state index is 12.9. The van der Waals surface area contributed by atoms with E-state index in [0.717, 1.165) is 20.5 Å². The molecule has 3 rings (SSSR count). The van der Waals surface area contributed by atoms with Gasteiger partial charge in [-0.3, -0.25) is 0 Å². The van der Waals surface area contributed by atoms with Gasteiger partial charge >= 0.3 is 11.9 Å². The Bertz CT molecular complexity index is 959. The third-order valence-electron chi connectivity index (χ3n) is 4.86. The second-order valence-electron chi connectivity index (χ2n) is 6.64. The van der Waals surface area contributed by atoms with Gasteiger partial charge in [0, 0.05) is 21.0 Å². The van der Waals surface area contributed by atoms with E-state index in [0.29, 0.717) is 22.5 Å². The number of thiophene rings is 1. The fourth-order valence-electron chi connectivity index (χ4n) is 3.79. The van der Waals surface area contributed by atoms with E-state index in [1.165, 1.54) is 0 Å². The van der Waals surface area contributed by atoms with Crippen LogP contribution >= 0.6 is 11.3 Å². The van der Waals surface area contributed by atoms with Crippen LogP contribution in [0.25, 0.3) is 10.1 Å². The Kier molecular flexibility index (Phi) is 5.89. The molecule has 1 aromatic heterocycles. The van der Waals surface area contributed by atoms with Gasteiger partial charge < -0.3 is 14.8 Å². The number of esters is 2. The minimum atomic E-state index is -0.532. The van der Waals surface area contributed by atoms with Gasteiger partial charge in [0.2, 0.25) is 0 Å². The molecule has 2 aromatic rings. The average Bonchev–Trinajstić information content (AvgIpc) is 2.96. The van der Waals surface area contributed by atoms with Crippen LogP contribution in [0.1, 0.15) is 44.1 Å². The summed E-state index contributed by atoms with van der Waals surface area (Å²) in [4.78, 5) is 26.9. The highest BCUT2D eigenvalue weighted by molar-refractivity contribution is 7.19.